The fourth-order valence-corrected chi connectivity index (χ4v) is 2.38. The zero-order chi connectivity index (χ0) is 12.4. The molecule has 4 heteroatoms. The monoisotopic (exact) mass is 236 g/mol. The number of rotatable bonds is 4. The fraction of sp³-hybridized carbons (Fsp3) is 0.769. The summed E-state index contributed by atoms with van der Waals surface area (Å²) in [6, 6.07) is 0. The summed E-state index contributed by atoms with van der Waals surface area (Å²) in [5.74, 6) is 1.75. The van der Waals surface area contributed by atoms with Crippen LogP contribution in [0.15, 0.2) is 0 Å². The van der Waals surface area contributed by atoms with Crippen LogP contribution in [0.3, 0.4) is 0 Å². The highest BCUT2D eigenvalue weighted by atomic mass is 15.2. The Morgan fingerprint density at radius 1 is 1.41 bits per heavy atom. The van der Waals surface area contributed by atoms with Crippen molar-refractivity contribution in [2.75, 3.05) is 27.2 Å². The van der Waals surface area contributed by atoms with E-state index in [1.165, 1.54) is 17.2 Å². The molecular formula is C13H24N4. The van der Waals surface area contributed by atoms with Gasteiger partial charge in [-0.15, -0.1) is 0 Å². The van der Waals surface area contributed by atoms with Crippen molar-refractivity contribution in [2.45, 2.75) is 39.3 Å². The summed E-state index contributed by atoms with van der Waals surface area (Å²) in [5, 5.41) is 3.40. The Morgan fingerprint density at radius 3 is 2.82 bits per heavy atom. The molecular weight excluding hydrogens is 212 g/mol. The van der Waals surface area contributed by atoms with Gasteiger partial charge in [-0.1, -0.05) is 13.8 Å². The van der Waals surface area contributed by atoms with Gasteiger partial charge < -0.3 is 14.8 Å². The van der Waals surface area contributed by atoms with Crippen LogP contribution in [0.1, 0.15) is 37.0 Å². The quantitative estimate of drug-likeness (QED) is 0.853. The summed E-state index contributed by atoms with van der Waals surface area (Å²) >= 11 is 0. The van der Waals surface area contributed by atoms with E-state index < -0.39 is 0 Å². The van der Waals surface area contributed by atoms with Gasteiger partial charge in [0.15, 0.2) is 0 Å². The highest BCUT2D eigenvalue weighted by molar-refractivity contribution is 5.21. The number of fused-ring (bicyclic) bond motifs is 1. The first kappa shape index (κ1) is 12.6. The number of nitrogens with one attached hydrogen (secondary N) is 1. The van der Waals surface area contributed by atoms with Gasteiger partial charge in [0, 0.05) is 44.2 Å². The molecule has 2 rings (SSSR count). The first-order valence-corrected chi connectivity index (χ1v) is 6.53. The molecule has 0 amide bonds. The Morgan fingerprint density at radius 2 is 2.18 bits per heavy atom. The molecule has 1 aliphatic rings. The Kier molecular flexibility index (Phi) is 3.84. The van der Waals surface area contributed by atoms with Gasteiger partial charge in [-0.2, -0.15) is 0 Å². The number of aromatic nitrogens is 2. The predicted octanol–water partition coefficient (Wildman–Crippen LogP) is 1.21. The standard InChI is InChI=1S/C13H24N4/c1-10(2)13-15-11-9-14-6-5-12(11)17(13)8-7-16(3)4/h10,14H,5-9H2,1-4H3. The first-order valence-electron chi connectivity index (χ1n) is 6.53. The number of likely N-dealkylation sites (N-methyl/N-ethyl adjacent to an activating group) is 1. The zero-order valence-electron chi connectivity index (χ0n) is 11.5. The van der Waals surface area contributed by atoms with Crippen LogP contribution in [0.2, 0.25) is 0 Å². The molecule has 0 saturated heterocycles. The van der Waals surface area contributed by atoms with E-state index in [4.69, 9.17) is 4.98 Å². The Labute approximate surface area is 104 Å². The molecule has 0 aliphatic carbocycles. The Balaban J connectivity index is 2.28. The molecule has 1 aromatic heterocycles. The van der Waals surface area contributed by atoms with Gasteiger partial charge >= 0.3 is 0 Å². The van der Waals surface area contributed by atoms with Crippen LogP contribution in [-0.2, 0) is 19.5 Å². The van der Waals surface area contributed by atoms with Crippen molar-refractivity contribution in [1.82, 2.24) is 19.8 Å². The van der Waals surface area contributed by atoms with Crippen LogP contribution >= 0.6 is 0 Å². The molecule has 0 saturated carbocycles. The van der Waals surface area contributed by atoms with Crippen molar-refractivity contribution < 1.29 is 0 Å². The van der Waals surface area contributed by atoms with Crippen LogP contribution in [0.5, 0.6) is 0 Å². The van der Waals surface area contributed by atoms with E-state index in [9.17, 15) is 0 Å². The van der Waals surface area contributed by atoms with Crippen molar-refractivity contribution in [3.05, 3.63) is 17.2 Å². The van der Waals surface area contributed by atoms with Crippen LogP contribution in [0.25, 0.3) is 0 Å². The van der Waals surface area contributed by atoms with Crippen molar-refractivity contribution in [2.24, 2.45) is 0 Å². The van der Waals surface area contributed by atoms with Crippen molar-refractivity contribution >= 4 is 0 Å². The van der Waals surface area contributed by atoms with Crippen LogP contribution in [-0.4, -0.2) is 41.6 Å². The number of hydrogen-bond acceptors (Lipinski definition) is 3. The molecule has 2 heterocycles. The second-order valence-corrected chi connectivity index (χ2v) is 5.40. The summed E-state index contributed by atoms with van der Waals surface area (Å²) in [5.41, 5.74) is 2.72. The number of imidazole rings is 1. The van der Waals surface area contributed by atoms with Gasteiger partial charge in [0.05, 0.1) is 5.69 Å². The Bertz CT molecular complexity index is 379. The SMILES string of the molecule is CC(C)c1nc2c(n1CCN(C)C)CCNC2. The highest BCUT2D eigenvalue weighted by Crippen LogP contribution is 2.21. The van der Waals surface area contributed by atoms with Crippen LogP contribution < -0.4 is 5.32 Å². The molecule has 0 unspecified atom stereocenters. The number of hydrogen-bond donors (Lipinski definition) is 1. The molecule has 0 bridgehead atoms. The largest absolute Gasteiger partial charge is 0.330 e. The fourth-order valence-electron chi connectivity index (χ4n) is 2.38. The lowest BCUT2D eigenvalue weighted by atomic mass is 10.2. The second-order valence-electron chi connectivity index (χ2n) is 5.40. The van der Waals surface area contributed by atoms with Gasteiger partial charge in [-0.3, -0.25) is 0 Å². The summed E-state index contributed by atoms with van der Waals surface area (Å²) in [4.78, 5) is 7.04. The van der Waals surface area contributed by atoms with Crippen molar-refractivity contribution in [3.8, 4) is 0 Å². The van der Waals surface area contributed by atoms with E-state index >= 15 is 0 Å². The van der Waals surface area contributed by atoms with Gasteiger partial charge in [0.1, 0.15) is 5.82 Å². The van der Waals surface area contributed by atoms with Crippen molar-refractivity contribution in [3.63, 3.8) is 0 Å². The van der Waals surface area contributed by atoms with E-state index in [-0.39, 0.29) is 0 Å². The average Bonchev–Trinajstić information content (AvgIpc) is 2.65. The van der Waals surface area contributed by atoms with E-state index in [1.54, 1.807) is 0 Å². The van der Waals surface area contributed by atoms with Gasteiger partial charge in [-0.05, 0) is 14.1 Å². The maximum atomic E-state index is 4.81. The minimum Gasteiger partial charge on any atom is -0.330 e. The van der Waals surface area contributed by atoms with Gasteiger partial charge in [0.2, 0.25) is 0 Å². The summed E-state index contributed by atoms with van der Waals surface area (Å²) in [6.45, 7) is 8.61. The third kappa shape index (κ3) is 2.69. The smallest absolute Gasteiger partial charge is 0.111 e. The van der Waals surface area contributed by atoms with E-state index in [2.05, 4.69) is 42.7 Å². The molecule has 1 N–H and O–H groups in total. The van der Waals surface area contributed by atoms with Gasteiger partial charge in [0.25, 0.3) is 0 Å². The molecule has 0 fully saturated rings. The third-order valence-corrected chi connectivity index (χ3v) is 3.30. The molecule has 0 atom stereocenters. The zero-order valence-corrected chi connectivity index (χ0v) is 11.5. The topological polar surface area (TPSA) is 33.1 Å². The lowest BCUT2D eigenvalue weighted by Crippen LogP contribution is -2.26. The normalized spacial score (nSPS) is 15.6. The molecule has 0 aromatic carbocycles. The van der Waals surface area contributed by atoms with E-state index in [0.29, 0.717) is 5.92 Å². The average molecular weight is 236 g/mol. The third-order valence-electron chi connectivity index (χ3n) is 3.30. The molecule has 1 aromatic rings. The number of nitrogens with zero attached hydrogens (tertiary/aromatic N) is 3. The molecule has 96 valence electrons. The van der Waals surface area contributed by atoms with Crippen LogP contribution in [0, 0.1) is 0 Å². The van der Waals surface area contributed by atoms with E-state index in [1.807, 2.05) is 0 Å². The molecule has 4 nitrogen and oxygen atoms in total. The predicted molar refractivity (Wildman–Crippen MR) is 70.3 cm³/mol. The summed E-state index contributed by atoms with van der Waals surface area (Å²) in [6.07, 6.45) is 1.11. The summed E-state index contributed by atoms with van der Waals surface area (Å²) in [7, 11) is 4.25. The first-order chi connectivity index (χ1) is 8.09. The molecule has 17 heavy (non-hydrogen) atoms. The van der Waals surface area contributed by atoms with Crippen LogP contribution in [0.4, 0.5) is 0 Å². The Hall–Kier alpha value is -0.870. The molecule has 0 spiro atoms. The highest BCUT2D eigenvalue weighted by Gasteiger charge is 2.20. The molecule has 0 radical (unpaired) electrons. The minimum atomic E-state index is 0.503. The second kappa shape index (κ2) is 5.19. The van der Waals surface area contributed by atoms with E-state index in [0.717, 1.165) is 32.6 Å². The minimum absolute atomic E-state index is 0.503. The maximum absolute atomic E-state index is 4.81. The lowest BCUT2D eigenvalue weighted by Gasteiger charge is -2.18. The van der Waals surface area contributed by atoms with Crippen molar-refractivity contribution in [1.29, 1.82) is 0 Å². The molecule has 1 aliphatic heterocycles. The maximum Gasteiger partial charge on any atom is 0.111 e. The lowest BCUT2D eigenvalue weighted by molar-refractivity contribution is 0.375. The van der Waals surface area contributed by atoms with Gasteiger partial charge in [-0.25, -0.2) is 4.98 Å². The summed E-state index contributed by atoms with van der Waals surface area (Å²) < 4.78 is 2.45.